The number of methoxy groups -OCH3 is 1. The van der Waals surface area contributed by atoms with E-state index in [0.29, 0.717) is 36.1 Å². The summed E-state index contributed by atoms with van der Waals surface area (Å²) in [5, 5.41) is 5.33. The van der Waals surface area contributed by atoms with Crippen LogP contribution >= 0.6 is 0 Å². The van der Waals surface area contributed by atoms with Gasteiger partial charge in [0, 0.05) is 61.2 Å². The van der Waals surface area contributed by atoms with Crippen molar-refractivity contribution in [1.82, 2.24) is 24.5 Å². The second kappa shape index (κ2) is 8.57. The van der Waals surface area contributed by atoms with E-state index in [1.807, 2.05) is 44.1 Å². The topological polar surface area (TPSA) is 85.1 Å². The molecule has 1 aromatic carbocycles. The van der Waals surface area contributed by atoms with E-state index < -0.39 is 11.4 Å². The molecule has 0 N–H and O–H groups in total. The molecule has 2 fully saturated rings. The van der Waals surface area contributed by atoms with Gasteiger partial charge in [0.1, 0.15) is 5.60 Å². The summed E-state index contributed by atoms with van der Waals surface area (Å²) in [5.74, 6) is 0.509. The predicted molar refractivity (Wildman–Crippen MR) is 137 cm³/mol. The molecule has 9 nitrogen and oxygen atoms in total. The van der Waals surface area contributed by atoms with Crippen molar-refractivity contribution in [2.45, 2.75) is 26.4 Å². The van der Waals surface area contributed by atoms with Gasteiger partial charge in [-0.05, 0) is 38.5 Å². The monoisotopic (exact) mass is 504 g/mol. The summed E-state index contributed by atoms with van der Waals surface area (Å²) in [7, 11) is 1.44. The highest BCUT2D eigenvalue weighted by Crippen LogP contribution is 2.36. The van der Waals surface area contributed by atoms with Gasteiger partial charge in [0.15, 0.2) is 17.2 Å². The number of halogens is 1. The normalized spacial score (nSPS) is 19.6. The Kier molecular flexibility index (Phi) is 5.43. The Morgan fingerprint density at radius 2 is 1.81 bits per heavy atom. The lowest BCUT2D eigenvalue weighted by Gasteiger charge is -2.26. The molecule has 0 unspecified atom stereocenters. The third kappa shape index (κ3) is 4.20. The molecule has 4 aromatic rings. The van der Waals surface area contributed by atoms with Crippen molar-refractivity contribution in [1.29, 1.82) is 0 Å². The maximum absolute atomic E-state index is 14.2. The van der Waals surface area contributed by atoms with E-state index in [2.05, 4.69) is 15.0 Å². The molecular weight excluding hydrogens is 475 g/mol. The van der Waals surface area contributed by atoms with E-state index in [4.69, 9.17) is 14.5 Å². The third-order valence-electron chi connectivity index (χ3n) is 7.15. The summed E-state index contributed by atoms with van der Waals surface area (Å²) in [4.78, 5) is 25.7. The molecule has 0 radical (unpaired) electrons. The van der Waals surface area contributed by atoms with E-state index in [1.54, 1.807) is 23.0 Å². The van der Waals surface area contributed by atoms with Crippen LogP contribution in [0.4, 0.5) is 14.9 Å². The number of carbonyl (C=O) groups is 1. The lowest BCUT2D eigenvalue weighted by Crippen LogP contribution is -2.37. The van der Waals surface area contributed by atoms with Crippen LogP contribution < -0.4 is 9.64 Å². The van der Waals surface area contributed by atoms with Crippen molar-refractivity contribution in [3.8, 4) is 16.9 Å². The maximum atomic E-state index is 14.2. The molecule has 10 heteroatoms. The summed E-state index contributed by atoms with van der Waals surface area (Å²) >= 11 is 0. The molecule has 0 spiro atoms. The number of anilines is 1. The van der Waals surface area contributed by atoms with Gasteiger partial charge in [-0.2, -0.15) is 5.10 Å². The van der Waals surface area contributed by atoms with E-state index in [0.717, 1.165) is 35.3 Å². The maximum Gasteiger partial charge on any atom is 0.410 e. The molecule has 2 atom stereocenters. The number of amides is 1. The first kappa shape index (κ1) is 23.4. The van der Waals surface area contributed by atoms with E-state index in [1.165, 1.54) is 13.2 Å². The molecule has 2 saturated heterocycles. The van der Waals surface area contributed by atoms with Gasteiger partial charge in [-0.25, -0.2) is 18.7 Å². The molecule has 0 saturated carbocycles. The number of hydrogen-bond acceptors (Lipinski definition) is 7. The van der Waals surface area contributed by atoms with Gasteiger partial charge in [-0.3, -0.25) is 4.98 Å². The fourth-order valence-corrected chi connectivity index (χ4v) is 5.44. The van der Waals surface area contributed by atoms with Crippen molar-refractivity contribution in [3.05, 3.63) is 48.8 Å². The van der Waals surface area contributed by atoms with Crippen LogP contribution in [0.5, 0.6) is 5.75 Å². The number of hydrogen-bond donors (Lipinski definition) is 0. The van der Waals surface area contributed by atoms with E-state index in [9.17, 15) is 9.18 Å². The first-order valence-electron chi connectivity index (χ1n) is 12.4. The second-order valence-electron chi connectivity index (χ2n) is 10.8. The zero-order chi connectivity index (χ0) is 25.9. The average molecular weight is 505 g/mol. The molecule has 6 rings (SSSR count). The quantitative estimate of drug-likeness (QED) is 0.409. The molecule has 37 heavy (non-hydrogen) atoms. The fraction of sp³-hybridized carbons (Fsp3) is 0.407. The molecule has 5 heterocycles. The number of nitrogens with zero attached hydrogens (tertiary/aromatic N) is 6. The van der Waals surface area contributed by atoms with Gasteiger partial charge in [0.2, 0.25) is 0 Å². The molecule has 1 amide bonds. The predicted octanol–water partition coefficient (Wildman–Crippen LogP) is 4.40. The number of pyridine rings is 1. The molecule has 2 aliphatic heterocycles. The van der Waals surface area contributed by atoms with E-state index in [-0.39, 0.29) is 11.8 Å². The van der Waals surface area contributed by atoms with Crippen LogP contribution in [0.3, 0.4) is 0 Å². The number of ether oxygens (including phenoxy) is 2. The fourth-order valence-electron chi connectivity index (χ4n) is 5.44. The van der Waals surface area contributed by atoms with Gasteiger partial charge >= 0.3 is 6.09 Å². The summed E-state index contributed by atoms with van der Waals surface area (Å²) < 4.78 is 26.7. The minimum atomic E-state index is -0.491. The zero-order valence-electron chi connectivity index (χ0n) is 21.3. The van der Waals surface area contributed by atoms with Crippen LogP contribution in [-0.2, 0) is 4.74 Å². The van der Waals surface area contributed by atoms with Crippen LogP contribution in [0, 0.1) is 17.7 Å². The first-order valence-corrected chi connectivity index (χ1v) is 12.4. The number of likely N-dealkylation sites (tertiary alicyclic amines) is 1. The number of fused-ring (bicyclic) bond motifs is 3. The summed E-state index contributed by atoms with van der Waals surface area (Å²) in [5.41, 5.74) is 3.43. The van der Waals surface area contributed by atoms with Crippen molar-refractivity contribution in [2.24, 2.45) is 11.8 Å². The Bertz CT molecular complexity index is 1500. The van der Waals surface area contributed by atoms with Crippen molar-refractivity contribution in [3.63, 3.8) is 0 Å². The van der Waals surface area contributed by atoms with Gasteiger partial charge < -0.3 is 19.3 Å². The zero-order valence-corrected chi connectivity index (χ0v) is 21.3. The van der Waals surface area contributed by atoms with Crippen LogP contribution in [0.1, 0.15) is 20.8 Å². The smallest absolute Gasteiger partial charge is 0.410 e. The number of aromatic nitrogens is 4. The minimum Gasteiger partial charge on any atom is -0.494 e. The van der Waals surface area contributed by atoms with Crippen LogP contribution in [-0.4, -0.2) is 69.5 Å². The second-order valence-corrected chi connectivity index (χ2v) is 10.8. The molecule has 192 valence electrons. The van der Waals surface area contributed by atoms with E-state index >= 15 is 0 Å². The van der Waals surface area contributed by atoms with Gasteiger partial charge in [-0.1, -0.05) is 0 Å². The summed E-state index contributed by atoms with van der Waals surface area (Å²) in [6.07, 6.45) is 7.06. The van der Waals surface area contributed by atoms with Gasteiger partial charge in [-0.15, -0.1) is 0 Å². The van der Waals surface area contributed by atoms with Crippen LogP contribution in [0.15, 0.2) is 43.0 Å². The summed E-state index contributed by atoms with van der Waals surface area (Å²) in [6.45, 7) is 8.79. The molecule has 0 aliphatic carbocycles. The van der Waals surface area contributed by atoms with Crippen molar-refractivity contribution < 1.29 is 18.7 Å². The van der Waals surface area contributed by atoms with Gasteiger partial charge in [0.25, 0.3) is 0 Å². The van der Waals surface area contributed by atoms with Crippen LogP contribution in [0.25, 0.3) is 27.7 Å². The Hall–Kier alpha value is -3.95. The highest BCUT2D eigenvalue weighted by molar-refractivity contribution is 5.98. The molecule has 3 aromatic heterocycles. The third-order valence-corrected chi connectivity index (χ3v) is 7.15. The lowest BCUT2D eigenvalue weighted by atomic mass is 10.0. The SMILES string of the molecule is COc1cc2c(-c3cnn4cc(N5C[C@H]6CN(C(=O)OC(C)(C)C)C[C@H]6C5)cnc34)ccnc2cc1F. The minimum absolute atomic E-state index is 0.165. The molecule has 0 bridgehead atoms. The standard InChI is InChI=1S/C27H29FN6O3/c1-27(2,3)37-26(35)33-13-16-11-32(12-17(16)14-33)18-9-30-25-21(10-31-34(25)15-18)19-5-6-29-23-8-22(28)24(36-4)7-20(19)23/h5-10,15-17H,11-14H2,1-4H3/t16-,17+. The van der Waals surface area contributed by atoms with Gasteiger partial charge in [0.05, 0.1) is 36.9 Å². The van der Waals surface area contributed by atoms with Crippen molar-refractivity contribution >= 4 is 28.3 Å². The Balaban J connectivity index is 1.23. The Morgan fingerprint density at radius 1 is 1.05 bits per heavy atom. The molecule has 2 aliphatic rings. The van der Waals surface area contributed by atoms with Crippen LogP contribution in [0.2, 0.25) is 0 Å². The highest BCUT2D eigenvalue weighted by atomic mass is 19.1. The number of rotatable bonds is 3. The number of carbonyl (C=O) groups excluding carboxylic acids is 1. The lowest BCUT2D eigenvalue weighted by molar-refractivity contribution is 0.0282. The first-order chi connectivity index (χ1) is 17.7. The Morgan fingerprint density at radius 3 is 2.51 bits per heavy atom. The Labute approximate surface area is 213 Å². The average Bonchev–Trinajstić information content (AvgIpc) is 3.55. The highest BCUT2D eigenvalue weighted by Gasteiger charge is 2.43. The molecular formula is C27H29FN6O3. The van der Waals surface area contributed by atoms with Crippen molar-refractivity contribution in [2.75, 3.05) is 38.2 Å². The number of benzene rings is 1. The largest absolute Gasteiger partial charge is 0.494 e. The summed E-state index contributed by atoms with van der Waals surface area (Å²) in [6, 6.07) is 4.92.